The number of rotatable bonds is 4. The minimum Gasteiger partial charge on any atom is -0.313 e. The third kappa shape index (κ3) is 1.87. The van der Waals surface area contributed by atoms with Gasteiger partial charge in [-0.25, -0.2) is 18.3 Å². The summed E-state index contributed by atoms with van der Waals surface area (Å²) in [6.07, 6.45) is -1.98. The highest BCUT2D eigenvalue weighted by atomic mass is 19.3. The van der Waals surface area contributed by atoms with Gasteiger partial charge in [0.1, 0.15) is 12.4 Å². The first-order chi connectivity index (χ1) is 7.63. The molecule has 1 aliphatic rings. The van der Waals surface area contributed by atoms with Gasteiger partial charge in [-0.1, -0.05) is 6.92 Å². The van der Waals surface area contributed by atoms with Crippen LogP contribution in [0.1, 0.15) is 18.8 Å². The summed E-state index contributed by atoms with van der Waals surface area (Å²) in [7, 11) is 0. The van der Waals surface area contributed by atoms with Gasteiger partial charge in [-0.2, -0.15) is 5.10 Å². The van der Waals surface area contributed by atoms with Crippen molar-refractivity contribution in [1.82, 2.24) is 19.7 Å². The highest BCUT2D eigenvalue weighted by molar-refractivity contribution is 4.95. The van der Waals surface area contributed by atoms with Crippen LogP contribution >= 0.6 is 0 Å². The molecule has 0 bridgehead atoms. The van der Waals surface area contributed by atoms with E-state index in [0.717, 1.165) is 4.68 Å². The fourth-order valence-electron chi connectivity index (χ4n) is 1.78. The summed E-state index contributed by atoms with van der Waals surface area (Å²) in [5.74, 6) is 0.581. The Morgan fingerprint density at radius 2 is 2.25 bits per heavy atom. The summed E-state index contributed by atoms with van der Waals surface area (Å²) in [6.45, 7) is 2.64. The zero-order valence-electron chi connectivity index (χ0n) is 8.99. The lowest BCUT2D eigenvalue weighted by Crippen LogP contribution is -2.47. The van der Waals surface area contributed by atoms with E-state index in [1.54, 1.807) is 0 Å². The van der Waals surface area contributed by atoms with Gasteiger partial charge in [0.15, 0.2) is 0 Å². The van der Waals surface area contributed by atoms with Crippen LogP contribution in [0.3, 0.4) is 0 Å². The first-order valence-electron chi connectivity index (χ1n) is 5.30. The van der Waals surface area contributed by atoms with Crippen molar-refractivity contribution in [3.05, 3.63) is 16.3 Å². The number of aromatic nitrogens is 3. The van der Waals surface area contributed by atoms with E-state index in [4.69, 9.17) is 0 Å². The summed E-state index contributed by atoms with van der Waals surface area (Å²) < 4.78 is 26.8. The summed E-state index contributed by atoms with van der Waals surface area (Å²) in [6, 6.07) is 0.0638. The highest BCUT2D eigenvalue weighted by Crippen LogP contribution is 2.11. The molecule has 1 aromatic heterocycles. The molecule has 90 valence electrons. The molecule has 1 aliphatic heterocycles. The molecule has 2 rings (SSSR count). The molecule has 0 unspecified atom stereocenters. The van der Waals surface area contributed by atoms with Crippen LogP contribution in [0, 0.1) is 0 Å². The number of halogens is 2. The fourth-order valence-corrected chi connectivity index (χ4v) is 1.78. The van der Waals surface area contributed by atoms with Gasteiger partial charge in [0.25, 0.3) is 6.43 Å². The zero-order valence-corrected chi connectivity index (χ0v) is 8.99. The van der Waals surface area contributed by atoms with E-state index in [1.165, 1.54) is 4.57 Å². The fraction of sp³-hybridized carbons (Fsp3) is 0.778. The second-order valence-corrected chi connectivity index (χ2v) is 3.81. The van der Waals surface area contributed by atoms with Gasteiger partial charge in [0, 0.05) is 19.5 Å². The normalized spacial score (nSPS) is 16.8. The number of nitrogens with one attached hydrogen (secondary N) is 1. The summed E-state index contributed by atoms with van der Waals surface area (Å²) in [4.78, 5) is 11.8. The maximum Gasteiger partial charge on any atom is 0.346 e. The third-order valence-electron chi connectivity index (χ3n) is 2.69. The molecule has 16 heavy (non-hydrogen) atoms. The molecule has 7 heteroatoms. The molecule has 0 amide bonds. The molecule has 2 heterocycles. The lowest BCUT2D eigenvalue weighted by atomic mass is 10.2. The number of alkyl halides is 2. The van der Waals surface area contributed by atoms with E-state index in [1.807, 2.05) is 6.92 Å². The number of aryl methyl sites for hydroxylation is 1. The second-order valence-electron chi connectivity index (χ2n) is 3.81. The molecule has 1 fully saturated rings. The molecule has 0 saturated carbocycles. The molecule has 5 nitrogen and oxygen atoms in total. The average Bonchev–Trinajstić information content (AvgIpc) is 2.43. The Balaban J connectivity index is 2.34. The van der Waals surface area contributed by atoms with E-state index in [2.05, 4.69) is 10.4 Å². The standard InChI is InChI=1S/C9H14F2N4O/c1-2-8-13-14(5-7(10)11)9(16)15(8)6-3-12-4-6/h6-7,12H,2-5H2,1H3. The van der Waals surface area contributed by atoms with E-state index >= 15 is 0 Å². The first-order valence-corrected chi connectivity index (χ1v) is 5.30. The van der Waals surface area contributed by atoms with Crippen molar-refractivity contribution in [2.24, 2.45) is 0 Å². The van der Waals surface area contributed by atoms with Crippen molar-refractivity contribution in [3.8, 4) is 0 Å². The Kier molecular flexibility index (Phi) is 3.04. The first kappa shape index (κ1) is 11.3. The molecular formula is C9H14F2N4O. The summed E-state index contributed by atoms with van der Waals surface area (Å²) >= 11 is 0. The molecule has 1 N–H and O–H groups in total. The van der Waals surface area contributed by atoms with Crippen LogP contribution in [0.25, 0.3) is 0 Å². The second kappa shape index (κ2) is 4.32. The minimum atomic E-state index is -2.55. The molecule has 0 spiro atoms. The molecule has 0 atom stereocenters. The van der Waals surface area contributed by atoms with Gasteiger partial charge >= 0.3 is 5.69 Å². The van der Waals surface area contributed by atoms with Crippen LogP contribution in [0.5, 0.6) is 0 Å². The summed E-state index contributed by atoms with van der Waals surface area (Å²) in [5.41, 5.74) is -0.427. The van der Waals surface area contributed by atoms with Crippen molar-refractivity contribution in [2.75, 3.05) is 13.1 Å². The zero-order chi connectivity index (χ0) is 11.7. The SMILES string of the molecule is CCc1nn(CC(F)F)c(=O)n1C1CNC1. The van der Waals surface area contributed by atoms with Gasteiger partial charge in [-0.05, 0) is 0 Å². The molecule has 0 aliphatic carbocycles. The van der Waals surface area contributed by atoms with Crippen LogP contribution in [0.15, 0.2) is 4.79 Å². The monoisotopic (exact) mass is 232 g/mol. The van der Waals surface area contributed by atoms with Gasteiger partial charge in [0.05, 0.1) is 6.04 Å². The van der Waals surface area contributed by atoms with Crippen LogP contribution in [-0.2, 0) is 13.0 Å². The minimum absolute atomic E-state index is 0.0638. The van der Waals surface area contributed by atoms with E-state index in [9.17, 15) is 13.6 Å². The molecular weight excluding hydrogens is 218 g/mol. The number of hydrogen-bond donors (Lipinski definition) is 1. The summed E-state index contributed by atoms with van der Waals surface area (Å²) in [5, 5.41) is 6.97. The van der Waals surface area contributed by atoms with Crippen molar-refractivity contribution in [3.63, 3.8) is 0 Å². The van der Waals surface area contributed by atoms with Gasteiger partial charge in [-0.15, -0.1) is 0 Å². The lowest BCUT2D eigenvalue weighted by molar-refractivity contribution is 0.119. The molecule has 1 saturated heterocycles. The van der Waals surface area contributed by atoms with Gasteiger partial charge in [0.2, 0.25) is 0 Å². The Hall–Kier alpha value is -1.24. The van der Waals surface area contributed by atoms with E-state index in [0.29, 0.717) is 25.3 Å². The van der Waals surface area contributed by atoms with Crippen LogP contribution in [0.2, 0.25) is 0 Å². The quantitative estimate of drug-likeness (QED) is 0.796. The highest BCUT2D eigenvalue weighted by Gasteiger charge is 2.25. The van der Waals surface area contributed by atoms with E-state index < -0.39 is 18.7 Å². The topological polar surface area (TPSA) is 51.9 Å². The Labute approximate surface area is 91.1 Å². The molecule has 0 radical (unpaired) electrons. The Bertz CT molecular complexity index is 422. The van der Waals surface area contributed by atoms with Crippen molar-refractivity contribution < 1.29 is 8.78 Å². The molecule has 1 aromatic rings. The van der Waals surface area contributed by atoms with Gasteiger partial charge in [-0.3, -0.25) is 4.57 Å². The Morgan fingerprint density at radius 3 is 2.69 bits per heavy atom. The maximum absolute atomic E-state index is 12.2. The van der Waals surface area contributed by atoms with E-state index in [-0.39, 0.29) is 6.04 Å². The van der Waals surface area contributed by atoms with Crippen molar-refractivity contribution >= 4 is 0 Å². The average molecular weight is 232 g/mol. The third-order valence-corrected chi connectivity index (χ3v) is 2.69. The predicted molar refractivity (Wildman–Crippen MR) is 53.8 cm³/mol. The van der Waals surface area contributed by atoms with Crippen molar-refractivity contribution in [1.29, 1.82) is 0 Å². The number of nitrogens with zero attached hydrogens (tertiary/aromatic N) is 3. The van der Waals surface area contributed by atoms with Crippen LogP contribution in [0.4, 0.5) is 8.78 Å². The van der Waals surface area contributed by atoms with Crippen molar-refractivity contribution in [2.45, 2.75) is 32.4 Å². The number of hydrogen-bond acceptors (Lipinski definition) is 3. The van der Waals surface area contributed by atoms with Crippen LogP contribution < -0.4 is 11.0 Å². The maximum atomic E-state index is 12.2. The van der Waals surface area contributed by atoms with Gasteiger partial charge < -0.3 is 5.32 Å². The smallest absolute Gasteiger partial charge is 0.313 e. The Morgan fingerprint density at radius 1 is 1.56 bits per heavy atom. The lowest BCUT2D eigenvalue weighted by Gasteiger charge is -2.28. The predicted octanol–water partition coefficient (Wildman–Crippen LogP) is 0.0166. The largest absolute Gasteiger partial charge is 0.346 e. The van der Waals surface area contributed by atoms with Crippen LogP contribution in [-0.4, -0.2) is 33.9 Å². The molecule has 0 aromatic carbocycles.